The average molecular weight is 331 g/mol. The first kappa shape index (κ1) is 18.4. The highest BCUT2D eigenvalue weighted by atomic mass is 35.5. The Balaban J connectivity index is 0.000000182. The Bertz CT molecular complexity index is 226. The Morgan fingerprint density at radius 2 is 0.750 bits per heavy atom. The van der Waals surface area contributed by atoms with Crippen LogP contribution in [0.1, 0.15) is 0 Å². The zero-order valence-corrected chi connectivity index (χ0v) is 13.0. The van der Waals surface area contributed by atoms with Crippen LogP contribution in [0.15, 0.2) is 0 Å². The second kappa shape index (κ2) is 9.38. The lowest BCUT2D eigenvalue weighted by Crippen LogP contribution is -2.36. The standard InChI is InChI=1S/2C6H11NO2.2ClH/c2*1-2-9-6-4-7-3-5(6)8-1;;/h2*5-7H,1-4H2;2*1H/t2*5-,6-;;/m10../s1. The van der Waals surface area contributed by atoms with Gasteiger partial charge in [0.1, 0.15) is 0 Å². The molecule has 0 aromatic rings. The first-order valence-corrected chi connectivity index (χ1v) is 6.81. The quantitative estimate of drug-likeness (QED) is 0.629. The van der Waals surface area contributed by atoms with Crippen molar-refractivity contribution < 1.29 is 18.9 Å². The van der Waals surface area contributed by atoms with Crippen molar-refractivity contribution in [1.82, 2.24) is 10.6 Å². The molecule has 120 valence electrons. The largest absolute Gasteiger partial charge is 0.372 e. The average Bonchev–Trinajstić information content (AvgIpc) is 3.08. The summed E-state index contributed by atoms with van der Waals surface area (Å²) in [5.74, 6) is 0. The van der Waals surface area contributed by atoms with Crippen LogP contribution in [0, 0.1) is 0 Å². The summed E-state index contributed by atoms with van der Waals surface area (Å²) in [6, 6.07) is 0. The molecule has 0 bridgehead atoms. The molecule has 4 rings (SSSR count). The molecular formula is C12H24Cl2N2O4. The van der Waals surface area contributed by atoms with Gasteiger partial charge in [-0.2, -0.15) is 0 Å². The maximum absolute atomic E-state index is 5.41. The van der Waals surface area contributed by atoms with Crippen LogP contribution in [-0.2, 0) is 18.9 Å². The fraction of sp³-hybridized carbons (Fsp3) is 1.00. The minimum atomic E-state index is 0. The molecule has 0 amide bonds. The molecule has 0 radical (unpaired) electrons. The van der Waals surface area contributed by atoms with E-state index >= 15 is 0 Å². The van der Waals surface area contributed by atoms with Crippen molar-refractivity contribution in [3.63, 3.8) is 0 Å². The number of hydrogen-bond acceptors (Lipinski definition) is 6. The van der Waals surface area contributed by atoms with Crippen LogP contribution in [0.5, 0.6) is 0 Å². The maximum Gasteiger partial charge on any atom is 0.0974 e. The Morgan fingerprint density at radius 1 is 0.500 bits per heavy atom. The summed E-state index contributed by atoms with van der Waals surface area (Å²) < 4.78 is 21.7. The van der Waals surface area contributed by atoms with Gasteiger partial charge in [-0.1, -0.05) is 0 Å². The number of ether oxygens (including phenoxy) is 4. The molecule has 6 nitrogen and oxygen atoms in total. The van der Waals surface area contributed by atoms with E-state index in [0.29, 0.717) is 24.4 Å². The second-order valence-corrected chi connectivity index (χ2v) is 4.95. The zero-order chi connectivity index (χ0) is 12.2. The minimum absolute atomic E-state index is 0. The minimum Gasteiger partial charge on any atom is -0.372 e. The van der Waals surface area contributed by atoms with Crippen molar-refractivity contribution in [3.05, 3.63) is 0 Å². The van der Waals surface area contributed by atoms with Gasteiger partial charge in [0, 0.05) is 26.2 Å². The number of hydrogen-bond donors (Lipinski definition) is 2. The normalized spacial score (nSPS) is 38.4. The molecule has 2 N–H and O–H groups in total. The van der Waals surface area contributed by atoms with Crippen LogP contribution in [0.3, 0.4) is 0 Å². The highest BCUT2D eigenvalue weighted by Crippen LogP contribution is 2.13. The predicted molar refractivity (Wildman–Crippen MR) is 79.2 cm³/mol. The molecule has 4 aliphatic heterocycles. The molecule has 4 atom stereocenters. The third-order valence-electron chi connectivity index (χ3n) is 3.71. The number of fused-ring (bicyclic) bond motifs is 2. The third kappa shape index (κ3) is 4.68. The topological polar surface area (TPSA) is 61.0 Å². The molecule has 0 saturated carbocycles. The van der Waals surface area contributed by atoms with Gasteiger partial charge in [0.05, 0.1) is 50.8 Å². The smallest absolute Gasteiger partial charge is 0.0974 e. The molecule has 0 aliphatic carbocycles. The van der Waals surface area contributed by atoms with Crippen LogP contribution < -0.4 is 10.6 Å². The molecule has 0 unspecified atom stereocenters. The van der Waals surface area contributed by atoms with E-state index in [1.807, 2.05) is 0 Å². The Hall–Kier alpha value is 0.340. The Labute approximate surface area is 132 Å². The van der Waals surface area contributed by atoms with E-state index in [0.717, 1.165) is 52.6 Å². The van der Waals surface area contributed by atoms with Crippen molar-refractivity contribution in [2.45, 2.75) is 24.4 Å². The zero-order valence-electron chi connectivity index (χ0n) is 11.4. The fourth-order valence-electron chi connectivity index (χ4n) is 2.72. The van der Waals surface area contributed by atoms with Crippen LogP contribution >= 0.6 is 24.8 Å². The van der Waals surface area contributed by atoms with Gasteiger partial charge in [-0.25, -0.2) is 0 Å². The van der Waals surface area contributed by atoms with Gasteiger partial charge in [0.15, 0.2) is 0 Å². The predicted octanol–water partition coefficient (Wildman–Crippen LogP) is -0.409. The lowest BCUT2D eigenvalue weighted by Gasteiger charge is -2.24. The number of nitrogens with one attached hydrogen (secondary N) is 2. The Kier molecular flexibility index (Phi) is 8.62. The van der Waals surface area contributed by atoms with E-state index in [4.69, 9.17) is 18.9 Å². The van der Waals surface area contributed by atoms with E-state index in [2.05, 4.69) is 10.6 Å². The fourth-order valence-corrected chi connectivity index (χ4v) is 2.72. The van der Waals surface area contributed by atoms with Crippen molar-refractivity contribution in [2.24, 2.45) is 0 Å². The van der Waals surface area contributed by atoms with Crippen LogP contribution in [-0.4, -0.2) is 77.0 Å². The molecule has 8 heteroatoms. The van der Waals surface area contributed by atoms with Gasteiger partial charge in [-0.3, -0.25) is 0 Å². The molecule has 20 heavy (non-hydrogen) atoms. The SMILES string of the molecule is C1CO[C@@H]2CNC[C@H]2O1.C1CO[C@H]2CNC[C@@H]2O1.Cl.Cl. The first-order valence-electron chi connectivity index (χ1n) is 6.81. The third-order valence-corrected chi connectivity index (χ3v) is 3.71. The van der Waals surface area contributed by atoms with Gasteiger partial charge in [-0.15, -0.1) is 24.8 Å². The van der Waals surface area contributed by atoms with Gasteiger partial charge < -0.3 is 29.6 Å². The van der Waals surface area contributed by atoms with Gasteiger partial charge >= 0.3 is 0 Å². The Morgan fingerprint density at radius 3 is 1.00 bits per heavy atom. The summed E-state index contributed by atoms with van der Waals surface area (Å²) in [6.45, 7) is 6.92. The number of halogens is 2. The van der Waals surface area contributed by atoms with Gasteiger partial charge in [0.25, 0.3) is 0 Å². The van der Waals surface area contributed by atoms with Crippen LogP contribution in [0.25, 0.3) is 0 Å². The molecule has 4 aliphatic rings. The van der Waals surface area contributed by atoms with E-state index < -0.39 is 0 Å². The molecular weight excluding hydrogens is 307 g/mol. The molecule has 4 fully saturated rings. The summed E-state index contributed by atoms with van der Waals surface area (Å²) in [5, 5.41) is 6.43. The van der Waals surface area contributed by atoms with E-state index in [9.17, 15) is 0 Å². The first-order chi connectivity index (χ1) is 8.93. The lowest BCUT2D eigenvalue weighted by molar-refractivity contribution is -0.116. The second-order valence-electron chi connectivity index (χ2n) is 4.95. The summed E-state index contributed by atoms with van der Waals surface area (Å²) in [4.78, 5) is 0. The van der Waals surface area contributed by atoms with Crippen molar-refractivity contribution in [2.75, 3.05) is 52.6 Å². The van der Waals surface area contributed by atoms with E-state index in [-0.39, 0.29) is 24.8 Å². The highest BCUT2D eigenvalue weighted by Gasteiger charge is 2.31. The van der Waals surface area contributed by atoms with Crippen LogP contribution in [0.4, 0.5) is 0 Å². The van der Waals surface area contributed by atoms with Gasteiger partial charge in [-0.05, 0) is 0 Å². The maximum atomic E-state index is 5.41. The van der Waals surface area contributed by atoms with Gasteiger partial charge in [0.2, 0.25) is 0 Å². The van der Waals surface area contributed by atoms with E-state index in [1.54, 1.807) is 0 Å². The molecule has 0 spiro atoms. The van der Waals surface area contributed by atoms with Crippen molar-refractivity contribution in [3.8, 4) is 0 Å². The summed E-state index contributed by atoms with van der Waals surface area (Å²) in [7, 11) is 0. The molecule has 4 saturated heterocycles. The monoisotopic (exact) mass is 330 g/mol. The summed E-state index contributed by atoms with van der Waals surface area (Å²) in [5.41, 5.74) is 0. The highest BCUT2D eigenvalue weighted by molar-refractivity contribution is 5.85. The lowest BCUT2D eigenvalue weighted by atomic mass is 10.2. The molecule has 4 heterocycles. The number of rotatable bonds is 0. The van der Waals surface area contributed by atoms with E-state index in [1.165, 1.54) is 0 Å². The summed E-state index contributed by atoms with van der Waals surface area (Å²) >= 11 is 0. The van der Waals surface area contributed by atoms with Crippen LogP contribution in [0.2, 0.25) is 0 Å². The van der Waals surface area contributed by atoms with Crippen molar-refractivity contribution >= 4 is 24.8 Å². The van der Waals surface area contributed by atoms with Crippen molar-refractivity contribution in [1.29, 1.82) is 0 Å². The summed E-state index contributed by atoms with van der Waals surface area (Å²) in [6.07, 6.45) is 1.33. The molecule has 0 aromatic carbocycles. The molecule has 0 aromatic heterocycles.